The molecule has 3 atom stereocenters. The SMILES string of the molecule is Cc1ccccc1C(NC(=O)[C@H]1CCN[C@@H](C)C1)C(C)C. The lowest BCUT2D eigenvalue weighted by atomic mass is 9.89. The Hall–Kier alpha value is -1.35. The number of hydrogen-bond acceptors (Lipinski definition) is 2. The van der Waals surface area contributed by atoms with E-state index in [2.05, 4.69) is 56.5 Å². The van der Waals surface area contributed by atoms with Crippen molar-refractivity contribution in [1.29, 1.82) is 0 Å². The van der Waals surface area contributed by atoms with Crippen molar-refractivity contribution in [1.82, 2.24) is 10.6 Å². The molecule has 1 amide bonds. The third-order valence-electron chi connectivity index (χ3n) is 4.48. The zero-order valence-electron chi connectivity index (χ0n) is 13.6. The van der Waals surface area contributed by atoms with Gasteiger partial charge in [-0.2, -0.15) is 0 Å². The van der Waals surface area contributed by atoms with Crippen LogP contribution in [-0.2, 0) is 4.79 Å². The Bertz CT molecular complexity index is 484. The molecule has 0 aromatic heterocycles. The average Bonchev–Trinajstić information content (AvgIpc) is 2.45. The maximum atomic E-state index is 12.6. The van der Waals surface area contributed by atoms with E-state index in [1.807, 2.05) is 6.07 Å². The molecule has 1 aliphatic rings. The van der Waals surface area contributed by atoms with E-state index in [0.717, 1.165) is 19.4 Å². The van der Waals surface area contributed by atoms with E-state index in [-0.39, 0.29) is 17.9 Å². The van der Waals surface area contributed by atoms with Crippen LogP contribution in [-0.4, -0.2) is 18.5 Å². The molecule has 1 saturated heterocycles. The van der Waals surface area contributed by atoms with Crippen LogP contribution in [0.5, 0.6) is 0 Å². The van der Waals surface area contributed by atoms with Gasteiger partial charge in [0.2, 0.25) is 5.91 Å². The van der Waals surface area contributed by atoms with Gasteiger partial charge in [0.25, 0.3) is 0 Å². The lowest BCUT2D eigenvalue weighted by Crippen LogP contribution is -2.44. The van der Waals surface area contributed by atoms with Crippen molar-refractivity contribution in [2.45, 2.75) is 52.6 Å². The summed E-state index contributed by atoms with van der Waals surface area (Å²) in [6.45, 7) is 9.55. The molecule has 1 fully saturated rings. The third-order valence-corrected chi connectivity index (χ3v) is 4.48. The van der Waals surface area contributed by atoms with Crippen LogP contribution in [0.25, 0.3) is 0 Å². The zero-order chi connectivity index (χ0) is 15.4. The van der Waals surface area contributed by atoms with Gasteiger partial charge in [0.1, 0.15) is 0 Å². The lowest BCUT2D eigenvalue weighted by molar-refractivity contribution is -0.127. The van der Waals surface area contributed by atoms with Crippen molar-refractivity contribution in [3.63, 3.8) is 0 Å². The smallest absolute Gasteiger partial charge is 0.223 e. The molecular weight excluding hydrogens is 260 g/mol. The molecule has 1 aromatic carbocycles. The molecule has 0 saturated carbocycles. The van der Waals surface area contributed by atoms with Crippen LogP contribution in [0.1, 0.15) is 50.8 Å². The summed E-state index contributed by atoms with van der Waals surface area (Å²) < 4.78 is 0. The molecule has 1 aliphatic heterocycles. The molecule has 0 spiro atoms. The molecule has 2 rings (SSSR count). The molecule has 0 radical (unpaired) electrons. The van der Waals surface area contributed by atoms with Crippen molar-refractivity contribution in [2.75, 3.05) is 6.54 Å². The molecule has 2 N–H and O–H groups in total. The minimum atomic E-state index is 0.101. The lowest BCUT2D eigenvalue weighted by Gasteiger charge is -2.31. The number of piperidine rings is 1. The first-order valence-electron chi connectivity index (χ1n) is 8.08. The molecule has 1 unspecified atom stereocenters. The summed E-state index contributed by atoms with van der Waals surface area (Å²) in [6, 6.07) is 8.88. The van der Waals surface area contributed by atoms with Gasteiger partial charge in [0.15, 0.2) is 0 Å². The Balaban J connectivity index is 2.10. The molecule has 0 bridgehead atoms. The highest BCUT2D eigenvalue weighted by Crippen LogP contribution is 2.26. The second-order valence-electron chi connectivity index (χ2n) is 6.66. The van der Waals surface area contributed by atoms with Crippen LogP contribution in [0.15, 0.2) is 24.3 Å². The number of hydrogen-bond donors (Lipinski definition) is 2. The summed E-state index contributed by atoms with van der Waals surface area (Å²) in [5.41, 5.74) is 2.48. The number of benzene rings is 1. The summed E-state index contributed by atoms with van der Waals surface area (Å²) >= 11 is 0. The van der Waals surface area contributed by atoms with Gasteiger partial charge in [-0.05, 0) is 50.3 Å². The highest BCUT2D eigenvalue weighted by atomic mass is 16.1. The van der Waals surface area contributed by atoms with Crippen molar-refractivity contribution < 1.29 is 4.79 Å². The monoisotopic (exact) mass is 288 g/mol. The van der Waals surface area contributed by atoms with Crippen LogP contribution < -0.4 is 10.6 Å². The van der Waals surface area contributed by atoms with Crippen LogP contribution in [0.3, 0.4) is 0 Å². The van der Waals surface area contributed by atoms with E-state index < -0.39 is 0 Å². The molecule has 3 nitrogen and oxygen atoms in total. The minimum absolute atomic E-state index is 0.101. The first-order valence-corrected chi connectivity index (χ1v) is 8.08. The number of rotatable bonds is 4. The van der Waals surface area contributed by atoms with Gasteiger partial charge in [-0.25, -0.2) is 0 Å². The number of amides is 1. The highest BCUT2D eigenvalue weighted by Gasteiger charge is 2.28. The second kappa shape index (κ2) is 7.08. The van der Waals surface area contributed by atoms with Crippen molar-refractivity contribution in [3.8, 4) is 0 Å². The summed E-state index contributed by atoms with van der Waals surface area (Å²) in [6.07, 6.45) is 1.87. The fourth-order valence-electron chi connectivity index (χ4n) is 3.18. The Morgan fingerprint density at radius 2 is 2.05 bits per heavy atom. The number of carbonyl (C=O) groups is 1. The fourth-order valence-corrected chi connectivity index (χ4v) is 3.18. The maximum absolute atomic E-state index is 12.6. The van der Waals surface area contributed by atoms with Gasteiger partial charge in [-0.3, -0.25) is 4.79 Å². The normalized spacial score (nSPS) is 23.9. The van der Waals surface area contributed by atoms with E-state index in [4.69, 9.17) is 0 Å². The minimum Gasteiger partial charge on any atom is -0.349 e. The van der Waals surface area contributed by atoms with Gasteiger partial charge in [-0.1, -0.05) is 38.1 Å². The highest BCUT2D eigenvalue weighted by molar-refractivity contribution is 5.79. The summed E-state index contributed by atoms with van der Waals surface area (Å²) in [5, 5.41) is 6.70. The Kier molecular flexibility index (Phi) is 5.40. The fraction of sp³-hybridized carbons (Fsp3) is 0.611. The molecule has 3 heteroatoms. The molecule has 1 aromatic rings. The standard InChI is InChI=1S/C18H28N2O/c1-12(2)17(16-8-6-5-7-13(16)3)20-18(21)15-9-10-19-14(4)11-15/h5-8,12,14-15,17,19H,9-11H2,1-4H3,(H,20,21)/t14-,15-,17?/m0/s1. The predicted molar refractivity (Wildman–Crippen MR) is 87.1 cm³/mol. The molecule has 0 aliphatic carbocycles. The van der Waals surface area contributed by atoms with Crippen molar-refractivity contribution >= 4 is 5.91 Å². The predicted octanol–water partition coefficient (Wildman–Crippen LogP) is 3.20. The quantitative estimate of drug-likeness (QED) is 0.893. The Morgan fingerprint density at radius 1 is 1.33 bits per heavy atom. The van der Waals surface area contributed by atoms with Gasteiger partial charge in [0.05, 0.1) is 6.04 Å². The topological polar surface area (TPSA) is 41.1 Å². The maximum Gasteiger partial charge on any atom is 0.223 e. The van der Waals surface area contributed by atoms with E-state index in [0.29, 0.717) is 12.0 Å². The number of nitrogens with one attached hydrogen (secondary N) is 2. The van der Waals surface area contributed by atoms with Gasteiger partial charge in [-0.15, -0.1) is 0 Å². The van der Waals surface area contributed by atoms with Crippen molar-refractivity contribution in [3.05, 3.63) is 35.4 Å². The second-order valence-corrected chi connectivity index (χ2v) is 6.66. The summed E-state index contributed by atoms with van der Waals surface area (Å²) in [7, 11) is 0. The average molecular weight is 288 g/mol. The first-order chi connectivity index (χ1) is 9.99. The van der Waals surface area contributed by atoms with Crippen LogP contribution in [0, 0.1) is 18.8 Å². The van der Waals surface area contributed by atoms with Crippen molar-refractivity contribution in [2.24, 2.45) is 11.8 Å². The zero-order valence-corrected chi connectivity index (χ0v) is 13.6. The van der Waals surface area contributed by atoms with Crippen LogP contribution in [0.2, 0.25) is 0 Å². The summed E-state index contributed by atoms with van der Waals surface area (Å²) in [4.78, 5) is 12.6. The van der Waals surface area contributed by atoms with E-state index in [9.17, 15) is 4.79 Å². The summed E-state index contributed by atoms with van der Waals surface area (Å²) in [5.74, 6) is 0.742. The largest absolute Gasteiger partial charge is 0.349 e. The number of aryl methyl sites for hydroxylation is 1. The molecule has 1 heterocycles. The molecular formula is C18H28N2O. The molecule has 21 heavy (non-hydrogen) atoms. The first kappa shape index (κ1) is 16.0. The van der Waals surface area contributed by atoms with Gasteiger partial charge < -0.3 is 10.6 Å². The van der Waals surface area contributed by atoms with E-state index >= 15 is 0 Å². The van der Waals surface area contributed by atoms with Gasteiger partial charge in [0, 0.05) is 12.0 Å². The number of carbonyl (C=O) groups excluding carboxylic acids is 1. The Morgan fingerprint density at radius 3 is 2.67 bits per heavy atom. The van der Waals surface area contributed by atoms with E-state index in [1.54, 1.807) is 0 Å². The van der Waals surface area contributed by atoms with E-state index in [1.165, 1.54) is 11.1 Å². The Labute approximate surface area is 128 Å². The third kappa shape index (κ3) is 4.07. The van der Waals surface area contributed by atoms with Gasteiger partial charge >= 0.3 is 0 Å². The van der Waals surface area contributed by atoms with Crippen LogP contribution >= 0.6 is 0 Å². The van der Waals surface area contributed by atoms with Crippen LogP contribution in [0.4, 0.5) is 0 Å². The molecule has 116 valence electrons.